The highest BCUT2D eigenvalue weighted by Crippen LogP contribution is 2.33. The van der Waals surface area contributed by atoms with Gasteiger partial charge in [0.2, 0.25) is 0 Å². The van der Waals surface area contributed by atoms with E-state index in [9.17, 15) is 0 Å². The normalized spacial score (nSPS) is 10.7. The molecule has 3 rings (SSSR count). The van der Waals surface area contributed by atoms with Crippen LogP contribution in [0.1, 0.15) is 5.69 Å². The molecular formula is C16H15N3O. The van der Waals surface area contributed by atoms with Gasteiger partial charge in [-0.15, -0.1) is 0 Å². The highest BCUT2D eigenvalue weighted by molar-refractivity contribution is 5.98. The number of nitrogens with two attached hydrogens (primary N) is 1. The molecule has 0 bridgehead atoms. The van der Waals surface area contributed by atoms with Gasteiger partial charge in [-0.1, -0.05) is 24.3 Å². The minimum absolute atomic E-state index is 0.479. The minimum atomic E-state index is 0.479. The number of methoxy groups -OCH3 is 1. The first-order chi connectivity index (χ1) is 9.69. The number of anilines is 1. The molecule has 0 unspecified atom stereocenters. The average Bonchev–Trinajstić information content (AvgIpc) is 2.45. The van der Waals surface area contributed by atoms with Crippen LogP contribution < -0.4 is 10.5 Å². The van der Waals surface area contributed by atoms with E-state index < -0.39 is 0 Å². The first-order valence-corrected chi connectivity index (χ1v) is 6.36. The van der Waals surface area contributed by atoms with E-state index in [1.165, 1.54) is 0 Å². The standard InChI is InChI=1S/C16H15N3O/c1-10-9-15(17)19-16(18-10)13-7-8-14(20-2)12-6-4-3-5-11(12)13/h3-9H,1-2H3,(H2,17,18,19). The van der Waals surface area contributed by atoms with Crippen molar-refractivity contribution in [3.63, 3.8) is 0 Å². The first-order valence-electron chi connectivity index (χ1n) is 6.36. The van der Waals surface area contributed by atoms with Crippen LogP contribution in [0.5, 0.6) is 5.75 Å². The number of aromatic nitrogens is 2. The zero-order valence-electron chi connectivity index (χ0n) is 11.4. The molecule has 0 radical (unpaired) electrons. The number of ether oxygens (including phenoxy) is 1. The van der Waals surface area contributed by atoms with Crippen LogP contribution in [0, 0.1) is 6.92 Å². The molecule has 0 amide bonds. The van der Waals surface area contributed by atoms with E-state index >= 15 is 0 Å². The van der Waals surface area contributed by atoms with Crippen LogP contribution in [0.2, 0.25) is 0 Å². The van der Waals surface area contributed by atoms with Gasteiger partial charge in [-0.3, -0.25) is 0 Å². The Hall–Kier alpha value is -2.62. The average molecular weight is 265 g/mol. The fraction of sp³-hybridized carbons (Fsp3) is 0.125. The third kappa shape index (κ3) is 2.05. The number of aryl methyl sites for hydroxylation is 1. The van der Waals surface area contributed by atoms with Gasteiger partial charge in [0, 0.05) is 22.7 Å². The summed E-state index contributed by atoms with van der Waals surface area (Å²) in [5.41, 5.74) is 7.63. The van der Waals surface area contributed by atoms with Gasteiger partial charge in [0.1, 0.15) is 11.6 Å². The third-order valence-corrected chi connectivity index (χ3v) is 3.22. The van der Waals surface area contributed by atoms with Gasteiger partial charge in [-0.2, -0.15) is 0 Å². The van der Waals surface area contributed by atoms with Gasteiger partial charge in [-0.25, -0.2) is 9.97 Å². The molecule has 0 saturated carbocycles. The van der Waals surface area contributed by atoms with E-state index in [0.717, 1.165) is 27.8 Å². The van der Waals surface area contributed by atoms with Crippen LogP contribution in [0.4, 0.5) is 5.82 Å². The van der Waals surface area contributed by atoms with Gasteiger partial charge in [-0.05, 0) is 24.4 Å². The zero-order chi connectivity index (χ0) is 14.1. The van der Waals surface area contributed by atoms with E-state index in [0.29, 0.717) is 11.6 Å². The summed E-state index contributed by atoms with van der Waals surface area (Å²) in [5, 5.41) is 2.09. The summed E-state index contributed by atoms with van der Waals surface area (Å²) in [6.07, 6.45) is 0. The molecule has 2 aromatic carbocycles. The van der Waals surface area contributed by atoms with Crippen LogP contribution in [-0.4, -0.2) is 17.1 Å². The Morgan fingerprint density at radius 2 is 1.75 bits per heavy atom. The number of nitrogens with zero attached hydrogens (tertiary/aromatic N) is 2. The smallest absolute Gasteiger partial charge is 0.162 e. The lowest BCUT2D eigenvalue weighted by Gasteiger charge is -2.10. The molecular weight excluding hydrogens is 250 g/mol. The van der Waals surface area contributed by atoms with Gasteiger partial charge in [0.25, 0.3) is 0 Å². The Bertz CT molecular complexity index is 764. The van der Waals surface area contributed by atoms with Crippen molar-refractivity contribution in [2.75, 3.05) is 12.8 Å². The summed E-state index contributed by atoms with van der Waals surface area (Å²) in [6.45, 7) is 1.91. The summed E-state index contributed by atoms with van der Waals surface area (Å²) in [6, 6.07) is 13.7. The Kier molecular flexibility index (Phi) is 2.99. The maximum absolute atomic E-state index is 5.82. The molecule has 0 fully saturated rings. The van der Waals surface area contributed by atoms with Crippen molar-refractivity contribution >= 4 is 16.6 Å². The lowest BCUT2D eigenvalue weighted by molar-refractivity contribution is 0.420. The molecule has 0 aliphatic rings. The van der Waals surface area contributed by atoms with Crippen LogP contribution in [0.3, 0.4) is 0 Å². The molecule has 100 valence electrons. The molecule has 4 nitrogen and oxygen atoms in total. The van der Waals surface area contributed by atoms with E-state index in [-0.39, 0.29) is 0 Å². The maximum Gasteiger partial charge on any atom is 0.162 e. The molecule has 0 atom stereocenters. The molecule has 1 aromatic heterocycles. The predicted octanol–water partition coefficient (Wildman–Crippen LogP) is 3.20. The van der Waals surface area contributed by atoms with Crippen molar-refractivity contribution in [2.45, 2.75) is 6.92 Å². The predicted molar refractivity (Wildman–Crippen MR) is 80.7 cm³/mol. The van der Waals surface area contributed by atoms with Crippen LogP contribution in [0.15, 0.2) is 42.5 Å². The van der Waals surface area contributed by atoms with Gasteiger partial charge < -0.3 is 10.5 Å². The van der Waals surface area contributed by atoms with Crippen molar-refractivity contribution in [2.24, 2.45) is 0 Å². The first kappa shape index (κ1) is 12.4. The molecule has 0 aliphatic carbocycles. The fourth-order valence-corrected chi connectivity index (χ4v) is 2.36. The Morgan fingerprint density at radius 1 is 1.00 bits per heavy atom. The van der Waals surface area contributed by atoms with Crippen molar-refractivity contribution in [3.8, 4) is 17.1 Å². The molecule has 4 heteroatoms. The quantitative estimate of drug-likeness (QED) is 0.773. The Labute approximate surface area is 117 Å². The summed E-state index contributed by atoms with van der Waals surface area (Å²) in [5.74, 6) is 1.96. The van der Waals surface area contributed by atoms with Crippen LogP contribution in [0.25, 0.3) is 22.2 Å². The summed E-state index contributed by atoms with van der Waals surface area (Å²) < 4.78 is 5.40. The molecule has 20 heavy (non-hydrogen) atoms. The number of benzene rings is 2. The zero-order valence-corrected chi connectivity index (χ0v) is 11.4. The van der Waals surface area contributed by atoms with E-state index in [1.54, 1.807) is 13.2 Å². The highest BCUT2D eigenvalue weighted by atomic mass is 16.5. The molecule has 0 aliphatic heterocycles. The Balaban J connectivity index is 2.31. The Morgan fingerprint density at radius 3 is 2.45 bits per heavy atom. The molecule has 1 heterocycles. The van der Waals surface area contributed by atoms with Crippen molar-refractivity contribution < 1.29 is 4.74 Å². The highest BCUT2D eigenvalue weighted by Gasteiger charge is 2.10. The number of rotatable bonds is 2. The SMILES string of the molecule is COc1ccc(-c2nc(C)cc(N)n2)c2ccccc12. The van der Waals surface area contributed by atoms with Crippen molar-refractivity contribution in [1.82, 2.24) is 9.97 Å². The number of hydrogen-bond acceptors (Lipinski definition) is 4. The molecule has 3 aromatic rings. The van der Waals surface area contributed by atoms with Crippen molar-refractivity contribution in [3.05, 3.63) is 48.2 Å². The molecule has 0 saturated heterocycles. The lowest BCUT2D eigenvalue weighted by atomic mass is 10.0. The van der Waals surface area contributed by atoms with Crippen molar-refractivity contribution in [1.29, 1.82) is 0 Å². The van der Waals surface area contributed by atoms with Crippen LogP contribution >= 0.6 is 0 Å². The lowest BCUT2D eigenvalue weighted by Crippen LogP contribution is -1.98. The monoisotopic (exact) mass is 265 g/mol. The summed E-state index contributed by atoms with van der Waals surface area (Å²) in [7, 11) is 1.67. The molecule has 0 spiro atoms. The largest absolute Gasteiger partial charge is 0.496 e. The van der Waals surface area contributed by atoms with Crippen LogP contribution in [-0.2, 0) is 0 Å². The van der Waals surface area contributed by atoms with E-state index in [2.05, 4.69) is 9.97 Å². The maximum atomic E-state index is 5.82. The third-order valence-electron chi connectivity index (χ3n) is 3.22. The minimum Gasteiger partial charge on any atom is -0.496 e. The second kappa shape index (κ2) is 4.81. The van der Waals surface area contributed by atoms with Gasteiger partial charge in [0.05, 0.1) is 7.11 Å². The fourth-order valence-electron chi connectivity index (χ4n) is 2.36. The number of fused-ring (bicyclic) bond motifs is 1. The van der Waals surface area contributed by atoms with Gasteiger partial charge >= 0.3 is 0 Å². The summed E-state index contributed by atoms with van der Waals surface area (Å²) in [4.78, 5) is 8.81. The van der Waals surface area contributed by atoms with E-state index in [1.807, 2.05) is 43.3 Å². The number of nitrogen functional groups attached to an aromatic ring is 1. The van der Waals surface area contributed by atoms with Gasteiger partial charge in [0.15, 0.2) is 5.82 Å². The van der Waals surface area contributed by atoms with E-state index in [4.69, 9.17) is 10.5 Å². The second-order valence-electron chi connectivity index (χ2n) is 4.62. The summed E-state index contributed by atoms with van der Waals surface area (Å²) >= 11 is 0. The molecule has 2 N–H and O–H groups in total. The number of hydrogen-bond donors (Lipinski definition) is 1. The topological polar surface area (TPSA) is 61.0 Å². The second-order valence-corrected chi connectivity index (χ2v) is 4.62.